The van der Waals surface area contributed by atoms with E-state index < -0.39 is 0 Å². The lowest BCUT2D eigenvalue weighted by atomic mass is 9.85. The molecule has 0 saturated carbocycles. The molecular weight excluding hydrogens is 310 g/mol. The van der Waals surface area contributed by atoms with E-state index >= 15 is 0 Å². The van der Waals surface area contributed by atoms with Gasteiger partial charge in [0.05, 0.1) is 0 Å². The van der Waals surface area contributed by atoms with Crippen LogP contribution in [0.2, 0.25) is 5.02 Å². The maximum Gasteiger partial charge on any atom is 0.314 e. The lowest BCUT2D eigenvalue weighted by Crippen LogP contribution is -2.45. The van der Waals surface area contributed by atoms with Crippen molar-refractivity contribution in [3.05, 3.63) is 34.9 Å². The van der Waals surface area contributed by atoms with E-state index in [2.05, 4.69) is 29.4 Å². The van der Waals surface area contributed by atoms with Crippen LogP contribution in [0.3, 0.4) is 0 Å². The lowest BCUT2D eigenvalue weighted by molar-refractivity contribution is 0.219. The van der Waals surface area contributed by atoms with E-state index in [0.29, 0.717) is 13.1 Å². The topological polar surface area (TPSA) is 44.4 Å². The van der Waals surface area contributed by atoms with Crippen molar-refractivity contribution in [1.29, 1.82) is 0 Å². The molecule has 0 bridgehead atoms. The highest BCUT2D eigenvalue weighted by atomic mass is 35.5. The van der Waals surface area contributed by atoms with E-state index in [4.69, 9.17) is 11.6 Å². The molecule has 0 radical (unpaired) electrons. The summed E-state index contributed by atoms with van der Waals surface area (Å²) in [6, 6.07) is 7.70. The Morgan fingerprint density at radius 2 is 1.78 bits per heavy atom. The molecule has 2 N–H and O–H groups in total. The summed E-state index contributed by atoms with van der Waals surface area (Å²) in [5.41, 5.74) is 1.03. The minimum atomic E-state index is -0.130. The number of nitrogens with zero attached hydrogens (tertiary/aromatic N) is 1. The fourth-order valence-corrected chi connectivity index (χ4v) is 3.00. The number of nitrogens with one attached hydrogen (secondary N) is 2. The molecule has 1 aromatic carbocycles. The summed E-state index contributed by atoms with van der Waals surface area (Å²) in [4.78, 5) is 14.4. The quantitative estimate of drug-likeness (QED) is 0.835. The number of rotatable bonds is 6. The first-order valence-corrected chi connectivity index (χ1v) is 8.85. The molecule has 0 aliphatic carbocycles. The third-order valence-electron chi connectivity index (χ3n) is 4.48. The molecule has 1 aliphatic rings. The molecule has 1 aromatic rings. The van der Waals surface area contributed by atoms with Crippen LogP contribution in [0.25, 0.3) is 0 Å². The smallest absolute Gasteiger partial charge is 0.314 e. The average Bonchev–Trinajstić information content (AvgIpc) is 2.54. The highest BCUT2D eigenvalue weighted by Gasteiger charge is 2.21. The summed E-state index contributed by atoms with van der Waals surface area (Å²) < 4.78 is 0. The number of carbonyl (C=O) groups excluding carboxylic acids is 1. The van der Waals surface area contributed by atoms with Crippen LogP contribution in [-0.2, 0) is 5.41 Å². The highest BCUT2D eigenvalue weighted by Crippen LogP contribution is 2.23. The van der Waals surface area contributed by atoms with Gasteiger partial charge in [0.25, 0.3) is 0 Å². The van der Waals surface area contributed by atoms with Crippen LogP contribution in [-0.4, -0.2) is 43.7 Å². The fraction of sp³-hybridized carbons (Fsp3) is 0.611. The van der Waals surface area contributed by atoms with Crippen molar-refractivity contribution in [3.8, 4) is 0 Å². The van der Waals surface area contributed by atoms with Crippen LogP contribution in [0, 0.1) is 0 Å². The number of urea groups is 1. The van der Waals surface area contributed by atoms with Gasteiger partial charge < -0.3 is 15.5 Å². The first-order valence-electron chi connectivity index (χ1n) is 8.47. The maximum absolute atomic E-state index is 12.0. The van der Waals surface area contributed by atoms with Gasteiger partial charge in [0.1, 0.15) is 0 Å². The molecular formula is C18H28ClN3O. The van der Waals surface area contributed by atoms with Gasteiger partial charge in [-0.1, -0.05) is 44.0 Å². The van der Waals surface area contributed by atoms with Crippen LogP contribution in [0.15, 0.2) is 24.3 Å². The third kappa shape index (κ3) is 6.04. The number of halogens is 1. The van der Waals surface area contributed by atoms with Crippen molar-refractivity contribution in [3.63, 3.8) is 0 Å². The lowest BCUT2D eigenvalue weighted by Gasteiger charge is -2.27. The second-order valence-electron chi connectivity index (χ2n) is 6.90. The van der Waals surface area contributed by atoms with Crippen molar-refractivity contribution >= 4 is 17.6 Å². The Balaban J connectivity index is 1.69. The van der Waals surface area contributed by atoms with Gasteiger partial charge >= 0.3 is 6.03 Å². The summed E-state index contributed by atoms with van der Waals surface area (Å²) in [6.07, 6.45) is 3.90. The van der Waals surface area contributed by atoms with Gasteiger partial charge in [0.2, 0.25) is 0 Å². The SMILES string of the molecule is CC(C)(CNC(=O)NCCN1CCCCC1)c1ccc(Cl)cc1. The van der Waals surface area contributed by atoms with Crippen molar-refractivity contribution in [1.82, 2.24) is 15.5 Å². The number of amides is 2. The highest BCUT2D eigenvalue weighted by molar-refractivity contribution is 6.30. The van der Waals surface area contributed by atoms with Gasteiger partial charge in [-0.15, -0.1) is 0 Å². The molecule has 1 heterocycles. The van der Waals surface area contributed by atoms with Crippen molar-refractivity contribution in [2.45, 2.75) is 38.5 Å². The number of hydrogen-bond donors (Lipinski definition) is 2. The molecule has 2 amide bonds. The van der Waals surface area contributed by atoms with E-state index in [1.54, 1.807) is 0 Å². The molecule has 128 valence electrons. The minimum Gasteiger partial charge on any atom is -0.337 e. The molecule has 1 aliphatic heterocycles. The van der Waals surface area contributed by atoms with Crippen molar-refractivity contribution in [2.24, 2.45) is 0 Å². The molecule has 0 unspecified atom stereocenters. The normalized spacial score (nSPS) is 16.1. The molecule has 0 atom stereocenters. The third-order valence-corrected chi connectivity index (χ3v) is 4.73. The zero-order valence-electron chi connectivity index (χ0n) is 14.2. The first kappa shape index (κ1) is 18.1. The summed E-state index contributed by atoms with van der Waals surface area (Å²) in [5, 5.41) is 6.65. The van der Waals surface area contributed by atoms with Gasteiger partial charge in [0.15, 0.2) is 0 Å². The van der Waals surface area contributed by atoms with E-state index in [1.807, 2.05) is 24.3 Å². The van der Waals surface area contributed by atoms with Crippen molar-refractivity contribution in [2.75, 3.05) is 32.7 Å². The Morgan fingerprint density at radius 1 is 1.13 bits per heavy atom. The van der Waals surface area contributed by atoms with Gasteiger partial charge in [-0.05, 0) is 43.6 Å². The largest absolute Gasteiger partial charge is 0.337 e. The minimum absolute atomic E-state index is 0.0935. The molecule has 5 heteroatoms. The number of piperidine rings is 1. The second-order valence-corrected chi connectivity index (χ2v) is 7.34. The Bertz CT molecular complexity index is 495. The first-order chi connectivity index (χ1) is 11.0. The maximum atomic E-state index is 12.0. The van der Waals surface area contributed by atoms with Gasteiger partial charge in [0, 0.05) is 30.1 Å². The van der Waals surface area contributed by atoms with Crippen LogP contribution in [0.5, 0.6) is 0 Å². The Morgan fingerprint density at radius 3 is 2.43 bits per heavy atom. The molecule has 0 spiro atoms. The number of carbonyl (C=O) groups is 1. The predicted molar refractivity (Wildman–Crippen MR) is 96.2 cm³/mol. The monoisotopic (exact) mass is 337 g/mol. The average molecular weight is 338 g/mol. The summed E-state index contributed by atoms with van der Waals surface area (Å²) in [7, 11) is 0. The molecule has 23 heavy (non-hydrogen) atoms. The fourth-order valence-electron chi connectivity index (χ4n) is 2.88. The van der Waals surface area contributed by atoms with E-state index in [9.17, 15) is 4.79 Å². The molecule has 0 aromatic heterocycles. The molecule has 2 rings (SSSR count). The van der Waals surface area contributed by atoms with Crippen LogP contribution in [0.1, 0.15) is 38.7 Å². The molecule has 1 fully saturated rings. The Hall–Kier alpha value is -1.26. The van der Waals surface area contributed by atoms with Crippen LogP contribution >= 0.6 is 11.6 Å². The summed E-state index contributed by atoms with van der Waals surface area (Å²) >= 11 is 5.93. The number of likely N-dealkylation sites (tertiary alicyclic amines) is 1. The van der Waals surface area contributed by atoms with E-state index in [1.165, 1.54) is 19.3 Å². The summed E-state index contributed by atoms with van der Waals surface area (Å²) in [6.45, 7) is 8.78. The predicted octanol–water partition coefficient (Wildman–Crippen LogP) is 3.40. The van der Waals surface area contributed by atoms with Crippen LogP contribution in [0.4, 0.5) is 4.79 Å². The molecule has 4 nitrogen and oxygen atoms in total. The van der Waals surface area contributed by atoms with E-state index in [-0.39, 0.29) is 11.4 Å². The van der Waals surface area contributed by atoms with E-state index in [0.717, 1.165) is 30.2 Å². The second kappa shape index (κ2) is 8.55. The molecule has 1 saturated heterocycles. The van der Waals surface area contributed by atoms with Gasteiger partial charge in [-0.25, -0.2) is 4.79 Å². The Kier molecular flexibility index (Phi) is 6.72. The van der Waals surface area contributed by atoms with Gasteiger partial charge in [-0.2, -0.15) is 0 Å². The number of benzene rings is 1. The zero-order chi connectivity index (χ0) is 16.7. The number of hydrogen-bond acceptors (Lipinski definition) is 2. The Labute approximate surface area is 144 Å². The zero-order valence-corrected chi connectivity index (χ0v) is 15.0. The van der Waals surface area contributed by atoms with Gasteiger partial charge in [-0.3, -0.25) is 0 Å². The van der Waals surface area contributed by atoms with Crippen LogP contribution < -0.4 is 10.6 Å². The summed E-state index contributed by atoms with van der Waals surface area (Å²) in [5.74, 6) is 0. The standard InChI is InChI=1S/C18H28ClN3O/c1-18(2,15-6-8-16(19)9-7-15)14-21-17(23)20-10-13-22-11-4-3-5-12-22/h6-9H,3-5,10-14H2,1-2H3,(H2,20,21,23). The van der Waals surface area contributed by atoms with Crippen molar-refractivity contribution < 1.29 is 4.79 Å².